The van der Waals surface area contributed by atoms with Crippen LogP contribution in [0.2, 0.25) is 0 Å². The lowest BCUT2D eigenvalue weighted by molar-refractivity contribution is 0.0687. The van der Waals surface area contributed by atoms with Crippen molar-refractivity contribution in [3.8, 4) is 0 Å². The van der Waals surface area contributed by atoms with Crippen LogP contribution < -0.4 is 4.72 Å². The van der Waals surface area contributed by atoms with Gasteiger partial charge in [-0.25, -0.2) is 18.2 Å². The van der Waals surface area contributed by atoms with Gasteiger partial charge in [0, 0.05) is 7.05 Å². The molecular weight excluding hydrogens is 306 g/mol. The number of aromatic carboxylic acids is 1. The van der Waals surface area contributed by atoms with Gasteiger partial charge in [0.2, 0.25) is 0 Å². The lowest BCUT2D eigenvalue weighted by atomic mass is 10.3. The van der Waals surface area contributed by atoms with Crippen LogP contribution in [0.25, 0.3) is 0 Å². The number of sulfonamides is 1. The van der Waals surface area contributed by atoms with E-state index in [1.807, 2.05) is 0 Å². The summed E-state index contributed by atoms with van der Waals surface area (Å²) in [6.45, 7) is 1.59. The van der Waals surface area contributed by atoms with Gasteiger partial charge in [0.25, 0.3) is 10.0 Å². The molecule has 0 aliphatic heterocycles. The fraction of sp³-hybridized carbons (Fsp3) is 0.333. The smallest absolute Gasteiger partial charge is 0.356 e. The fourth-order valence-electron chi connectivity index (χ4n) is 1.59. The highest BCUT2D eigenvalue weighted by atomic mass is 32.2. The predicted octanol–water partition coefficient (Wildman–Crippen LogP) is 0.00930. The first kappa shape index (κ1) is 14.6. The molecule has 0 bridgehead atoms. The van der Waals surface area contributed by atoms with E-state index in [2.05, 4.69) is 19.9 Å². The molecule has 0 aliphatic carbocycles. The van der Waals surface area contributed by atoms with Crippen molar-refractivity contribution in [1.82, 2.24) is 24.5 Å². The SMILES string of the molecule is CC(NS(=O)(=O)c1scnc1C(=O)O)c1nncn1C. The number of aryl methyl sites for hydroxylation is 1. The highest BCUT2D eigenvalue weighted by Gasteiger charge is 2.28. The highest BCUT2D eigenvalue weighted by molar-refractivity contribution is 7.91. The first-order valence-electron chi connectivity index (χ1n) is 5.36. The topological polar surface area (TPSA) is 127 Å². The van der Waals surface area contributed by atoms with Gasteiger partial charge in [-0.3, -0.25) is 0 Å². The minimum absolute atomic E-state index is 0.334. The maximum absolute atomic E-state index is 12.2. The Morgan fingerprint density at radius 2 is 2.25 bits per heavy atom. The summed E-state index contributed by atoms with van der Waals surface area (Å²) in [6, 6.07) is -0.656. The minimum atomic E-state index is -3.99. The van der Waals surface area contributed by atoms with E-state index in [1.54, 1.807) is 18.5 Å². The molecule has 0 amide bonds. The van der Waals surface area contributed by atoms with Crippen molar-refractivity contribution < 1.29 is 18.3 Å². The standard InChI is InChI=1S/C9H11N5O4S2/c1-5(7-12-11-3-14(7)2)13-20(17,18)9-6(8(15)16)10-4-19-9/h3-5,13H,1-2H3,(H,15,16). The Morgan fingerprint density at radius 3 is 2.80 bits per heavy atom. The first-order chi connectivity index (χ1) is 9.33. The van der Waals surface area contributed by atoms with Crippen molar-refractivity contribution in [1.29, 1.82) is 0 Å². The molecule has 0 saturated heterocycles. The van der Waals surface area contributed by atoms with E-state index in [1.165, 1.54) is 11.8 Å². The van der Waals surface area contributed by atoms with Crippen LogP contribution in [-0.2, 0) is 17.1 Å². The number of carboxylic acid groups (broad SMARTS) is 1. The number of nitrogens with zero attached hydrogens (tertiary/aromatic N) is 4. The fourth-order valence-corrected chi connectivity index (χ4v) is 3.95. The van der Waals surface area contributed by atoms with Gasteiger partial charge in [0.1, 0.15) is 12.2 Å². The second-order valence-electron chi connectivity index (χ2n) is 3.94. The average Bonchev–Trinajstić information content (AvgIpc) is 2.95. The van der Waals surface area contributed by atoms with E-state index in [-0.39, 0.29) is 4.21 Å². The van der Waals surface area contributed by atoms with Gasteiger partial charge >= 0.3 is 5.97 Å². The average molecular weight is 317 g/mol. The molecule has 11 heteroatoms. The van der Waals surface area contributed by atoms with Crippen LogP contribution in [0.5, 0.6) is 0 Å². The number of carbonyl (C=O) groups is 1. The Hall–Kier alpha value is -1.85. The zero-order chi connectivity index (χ0) is 14.9. The molecule has 2 heterocycles. The summed E-state index contributed by atoms with van der Waals surface area (Å²) in [5, 5.41) is 16.4. The molecule has 9 nitrogen and oxygen atoms in total. The molecule has 2 aromatic heterocycles. The van der Waals surface area contributed by atoms with Crippen molar-refractivity contribution in [3.05, 3.63) is 23.4 Å². The number of thiazole rings is 1. The normalized spacial score (nSPS) is 13.3. The van der Waals surface area contributed by atoms with E-state index in [4.69, 9.17) is 5.11 Å². The van der Waals surface area contributed by atoms with E-state index in [0.717, 1.165) is 11.3 Å². The third kappa shape index (κ3) is 2.69. The Kier molecular flexibility index (Phi) is 3.83. The summed E-state index contributed by atoms with van der Waals surface area (Å²) in [5.74, 6) is -0.979. The molecule has 0 spiro atoms. The van der Waals surface area contributed by atoms with Crippen LogP contribution in [0.4, 0.5) is 0 Å². The van der Waals surface area contributed by atoms with Gasteiger partial charge in [-0.2, -0.15) is 4.72 Å². The lowest BCUT2D eigenvalue weighted by Gasteiger charge is -2.12. The molecule has 0 aromatic carbocycles. The van der Waals surface area contributed by atoms with E-state index in [9.17, 15) is 13.2 Å². The van der Waals surface area contributed by atoms with Crippen LogP contribution in [0, 0.1) is 0 Å². The van der Waals surface area contributed by atoms with Gasteiger partial charge in [-0.05, 0) is 6.92 Å². The van der Waals surface area contributed by atoms with Gasteiger partial charge in [0.05, 0.1) is 11.6 Å². The molecule has 0 radical (unpaired) electrons. The van der Waals surface area contributed by atoms with E-state index in [0.29, 0.717) is 5.82 Å². The third-order valence-corrected chi connectivity index (χ3v) is 5.36. The summed E-state index contributed by atoms with van der Waals surface area (Å²) in [4.78, 5) is 14.5. The van der Waals surface area contributed by atoms with Crippen molar-refractivity contribution in [2.75, 3.05) is 0 Å². The maximum Gasteiger partial charge on any atom is 0.356 e. The molecule has 0 fully saturated rings. The summed E-state index contributed by atoms with van der Waals surface area (Å²) in [5.41, 5.74) is 0.679. The monoisotopic (exact) mass is 317 g/mol. The van der Waals surface area contributed by atoms with Crippen molar-refractivity contribution in [3.63, 3.8) is 0 Å². The second-order valence-corrected chi connectivity index (χ2v) is 6.70. The number of aromatic nitrogens is 4. The first-order valence-corrected chi connectivity index (χ1v) is 7.72. The third-order valence-electron chi connectivity index (χ3n) is 2.45. The largest absolute Gasteiger partial charge is 0.476 e. The number of hydrogen-bond donors (Lipinski definition) is 2. The molecule has 2 aromatic rings. The van der Waals surface area contributed by atoms with Crippen LogP contribution in [0.15, 0.2) is 16.0 Å². The lowest BCUT2D eigenvalue weighted by Crippen LogP contribution is -2.29. The molecular formula is C9H11N5O4S2. The van der Waals surface area contributed by atoms with E-state index >= 15 is 0 Å². The van der Waals surface area contributed by atoms with Crippen LogP contribution in [0.1, 0.15) is 29.3 Å². The molecule has 2 rings (SSSR count). The number of nitrogens with one attached hydrogen (secondary N) is 1. The number of rotatable bonds is 5. The Labute approximate surface area is 118 Å². The minimum Gasteiger partial charge on any atom is -0.476 e. The van der Waals surface area contributed by atoms with Crippen molar-refractivity contribution >= 4 is 27.3 Å². The molecule has 0 saturated carbocycles. The van der Waals surface area contributed by atoms with Gasteiger partial charge in [0.15, 0.2) is 9.90 Å². The van der Waals surface area contributed by atoms with Crippen molar-refractivity contribution in [2.45, 2.75) is 17.2 Å². The van der Waals surface area contributed by atoms with Crippen LogP contribution >= 0.6 is 11.3 Å². The van der Waals surface area contributed by atoms with Gasteiger partial charge in [-0.1, -0.05) is 0 Å². The molecule has 1 unspecified atom stereocenters. The summed E-state index contributed by atoms with van der Waals surface area (Å²) in [6.07, 6.45) is 1.44. The Bertz CT molecular complexity index is 735. The van der Waals surface area contributed by atoms with Crippen LogP contribution in [0.3, 0.4) is 0 Å². The predicted molar refractivity (Wildman–Crippen MR) is 68.8 cm³/mol. The number of hydrogen-bond acceptors (Lipinski definition) is 7. The molecule has 0 aliphatic rings. The molecule has 108 valence electrons. The van der Waals surface area contributed by atoms with Gasteiger partial charge in [-0.15, -0.1) is 21.5 Å². The van der Waals surface area contributed by atoms with E-state index < -0.39 is 27.7 Å². The second kappa shape index (κ2) is 5.26. The quantitative estimate of drug-likeness (QED) is 0.795. The zero-order valence-electron chi connectivity index (χ0n) is 10.5. The molecule has 2 N–H and O–H groups in total. The Morgan fingerprint density at radius 1 is 1.55 bits per heavy atom. The number of carboxylic acids is 1. The maximum atomic E-state index is 12.2. The highest BCUT2D eigenvalue weighted by Crippen LogP contribution is 2.22. The Balaban J connectivity index is 2.30. The summed E-state index contributed by atoms with van der Waals surface area (Å²) in [7, 11) is -2.31. The summed E-state index contributed by atoms with van der Waals surface area (Å²) >= 11 is 0.743. The molecule has 20 heavy (non-hydrogen) atoms. The van der Waals surface area contributed by atoms with Gasteiger partial charge < -0.3 is 9.67 Å². The zero-order valence-corrected chi connectivity index (χ0v) is 12.1. The van der Waals surface area contributed by atoms with Crippen LogP contribution in [-0.4, -0.2) is 39.2 Å². The molecule has 1 atom stereocenters. The summed E-state index contributed by atoms with van der Waals surface area (Å²) < 4.78 is 27.9. The van der Waals surface area contributed by atoms with Crippen molar-refractivity contribution in [2.24, 2.45) is 7.05 Å².